The van der Waals surface area contributed by atoms with E-state index in [0.717, 1.165) is 29.8 Å². The van der Waals surface area contributed by atoms with Crippen LogP contribution >= 0.6 is 0 Å². The van der Waals surface area contributed by atoms with E-state index in [1.165, 1.54) is 25.7 Å². The normalized spacial score (nSPS) is 14.2. The number of amides is 1. The van der Waals surface area contributed by atoms with E-state index in [-0.39, 0.29) is 12.5 Å². The van der Waals surface area contributed by atoms with Crippen LogP contribution in [0.5, 0.6) is 11.5 Å². The molecule has 0 spiro atoms. The van der Waals surface area contributed by atoms with Crippen molar-refractivity contribution >= 4 is 28.3 Å². The highest BCUT2D eigenvalue weighted by atomic mass is 16.5. The Kier molecular flexibility index (Phi) is 6.87. The second-order valence-corrected chi connectivity index (χ2v) is 7.66. The topological polar surface area (TPSA) is 63.7 Å². The Labute approximate surface area is 183 Å². The summed E-state index contributed by atoms with van der Waals surface area (Å²) in [4.78, 5) is 19.7. The lowest BCUT2D eigenvalue weighted by Crippen LogP contribution is -2.24. The molecule has 0 bridgehead atoms. The molecule has 1 fully saturated rings. The number of hydrogen-bond donors (Lipinski definition) is 1. The first-order valence-electron chi connectivity index (χ1n) is 11.0. The van der Waals surface area contributed by atoms with E-state index in [1.807, 2.05) is 49.4 Å². The average Bonchev–Trinajstić information content (AvgIpc) is 3.08. The molecule has 0 radical (unpaired) electrons. The average molecular weight is 420 g/mol. The number of rotatable bonds is 7. The number of fused-ring (bicyclic) bond motifs is 1. The third-order valence-corrected chi connectivity index (χ3v) is 5.42. The number of pyridine rings is 1. The number of nitrogens with zero attached hydrogens (tertiary/aromatic N) is 2. The molecule has 4 rings (SSSR count). The smallest absolute Gasteiger partial charge is 0.262 e. The lowest BCUT2D eigenvalue weighted by Gasteiger charge is -2.22. The van der Waals surface area contributed by atoms with Gasteiger partial charge in [0.25, 0.3) is 5.91 Å². The summed E-state index contributed by atoms with van der Waals surface area (Å²) in [5, 5.41) is 3.86. The Balaban J connectivity index is 1.48. The van der Waals surface area contributed by atoms with Crippen LogP contribution in [0.4, 0.5) is 11.5 Å². The Bertz CT molecular complexity index is 1030. The number of nitrogens with one attached hydrogen (secondary N) is 1. The summed E-state index contributed by atoms with van der Waals surface area (Å²) < 4.78 is 11.5. The van der Waals surface area contributed by atoms with Gasteiger partial charge in [0.1, 0.15) is 22.8 Å². The minimum Gasteiger partial charge on any atom is -0.492 e. The van der Waals surface area contributed by atoms with E-state index in [2.05, 4.69) is 22.3 Å². The third kappa shape index (κ3) is 5.26. The van der Waals surface area contributed by atoms with Gasteiger partial charge in [-0.1, -0.05) is 37.1 Å². The van der Waals surface area contributed by atoms with Gasteiger partial charge in [0.15, 0.2) is 6.61 Å². The standard InChI is InChI=1S/C25H29N3O3/c1-2-30-21-12-6-5-11-20(21)26-24(29)18-31-22-13-9-10-19-14-15-23(27-25(19)22)28-16-7-3-4-8-17-28/h5-6,9-15H,2-4,7-8,16-18H2,1H3,(H,26,29). The molecule has 6 heteroatoms. The van der Waals surface area contributed by atoms with E-state index in [0.29, 0.717) is 23.8 Å². The molecule has 6 nitrogen and oxygen atoms in total. The predicted octanol–water partition coefficient (Wildman–Crippen LogP) is 5.03. The molecule has 1 aliphatic heterocycles. The second-order valence-electron chi connectivity index (χ2n) is 7.66. The predicted molar refractivity (Wildman–Crippen MR) is 124 cm³/mol. The number of ether oxygens (including phenoxy) is 2. The van der Waals surface area contributed by atoms with Gasteiger partial charge in [-0.15, -0.1) is 0 Å². The molecule has 0 saturated carbocycles. The van der Waals surface area contributed by atoms with Crippen LogP contribution in [-0.4, -0.2) is 37.2 Å². The van der Waals surface area contributed by atoms with Crippen molar-refractivity contribution in [1.29, 1.82) is 0 Å². The van der Waals surface area contributed by atoms with Crippen LogP contribution in [0.25, 0.3) is 10.9 Å². The first-order chi connectivity index (χ1) is 15.2. The van der Waals surface area contributed by atoms with Gasteiger partial charge >= 0.3 is 0 Å². The van der Waals surface area contributed by atoms with Crippen molar-refractivity contribution in [3.05, 3.63) is 54.6 Å². The van der Waals surface area contributed by atoms with Crippen LogP contribution in [-0.2, 0) is 4.79 Å². The van der Waals surface area contributed by atoms with Crippen molar-refractivity contribution in [3.63, 3.8) is 0 Å². The van der Waals surface area contributed by atoms with Gasteiger partial charge in [-0.05, 0) is 50.1 Å². The number of anilines is 2. The Morgan fingerprint density at radius 2 is 1.71 bits per heavy atom. The van der Waals surface area contributed by atoms with Crippen LogP contribution in [0.2, 0.25) is 0 Å². The van der Waals surface area contributed by atoms with Crippen LogP contribution in [0.3, 0.4) is 0 Å². The van der Waals surface area contributed by atoms with Gasteiger partial charge in [0.2, 0.25) is 0 Å². The molecular formula is C25H29N3O3. The van der Waals surface area contributed by atoms with Crippen molar-refractivity contribution in [1.82, 2.24) is 4.98 Å². The van der Waals surface area contributed by atoms with Crippen molar-refractivity contribution in [2.45, 2.75) is 32.6 Å². The lowest BCUT2D eigenvalue weighted by atomic mass is 10.2. The fourth-order valence-electron chi connectivity index (χ4n) is 3.88. The molecule has 2 aromatic carbocycles. The van der Waals surface area contributed by atoms with Gasteiger partial charge in [-0.2, -0.15) is 0 Å². The Morgan fingerprint density at radius 1 is 0.935 bits per heavy atom. The highest BCUT2D eigenvalue weighted by Crippen LogP contribution is 2.28. The maximum Gasteiger partial charge on any atom is 0.262 e. The SMILES string of the molecule is CCOc1ccccc1NC(=O)COc1cccc2ccc(N3CCCCCC3)nc12. The molecule has 0 unspecified atom stereocenters. The van der Waals surface area contributed by atoms with E-state index in [9.17, 15) is 4.79 Å². The number of carbonyl (C=O) groups excluding carboxylic acids is 1. The van der Waals surface area contributed by atoms with Gasteiger partial charge in [-0.25, -0.2) is 4.98 Å². The van der Waals surface area contributed by atoms with Crippen LogP contribution in [0, 0.1) is 0 Å². The Hall–Kier alpha value is -3.28. The molecule has 0 aliphatic carbocycles. The molecule has 1 aromatic heterocycles. The number of benzene rings is 2. The molecule has 1 saturated heterocycles. The van der Waals surface area contributed by atoms with E-state index >= 15 is 0 Å². The zero-order chi connectivity index (χ0) is 21.5. The summed E-state index contributed by atoms with van der Waals surface area (Å²) in [5.74, 6) is 1.99. The van der Waals surface area contributed by atoms with Crippen molar-refractivity contribution in [2.75, 3.05) is 36.5 Å². The minimum atomic E-state index is -0.243. The summed E-state index contributed by atoms with van der Waals surface area (Å²) in [6.45, 7) is 4.40. The van der Waals surface area contributed by atoms with Gasteiger partial charge in [0.05, 0.1) is 12.3 Å². The first-order valence-corrected chi connectivity index (χ1v) is 11.0. The monoisotopic (exact) mass is 419 g/mol. The van der Waals surface area contributed by atoms with E-state index < -0.39 is 0 Å². The zero-order valence-electron chi connectivity index (χ0n) is 18.0. The van der Waals surface area contributed by atoms with E-state index in [1.54, 1.807) is 0 Å². The number of para-hydroxylation sites is 3. The van der Waals surface area contributed by atoms with Gasteiger partial charge in [-0.3, -0.25) is 4.79 Å². The summed E-state index contributed by atoms with van der Waals surface area (Å²) >= 11 is 0. The molecular weight excluding hydrogens is 390 g/mol. The highest BCUT2D eigenvalue weighted by molar-refractivity contribution is 5.94. The summed E-state index contributed by atoms with van der Waals surface area (Å²) in [5.41, 5.74) is 1.42. The number of carbonyl (C=O) groups is 1. The molecule has 2 heterocycles. The lowest BCUT2D eigenvalue weighted by molar-refractivity contribution is -0.118. The van der Waals surface area contributed by atoms with Crippen LogP contribution < -0.4 is 19.7 Å². The maximum absolute atomic E-state index is 12.5. The Morgan fingerprint density at radius 3 is 2.52 bits per heavy atom. The quantitative estimate of drug-likeness (QED) is 0.582. The van der Waals surface area contributed by atoms with E-state index in [4.69, 9.17) is 14.5 Å². The molecule has 31 heavy (non-hydrogen) atoms. The first kappa shape index (κ1) is 21.0. The van der Waals surface area contributed by atoms with Crippen molar-refractivity contribution < 1.29 is 14.3 Å². The summed E-state index contributed by atoms with van der Waals surface area (Å²) in [6, 6.07) is 17.3. The van der Waals surface area contributed by atoms with Crippen LogP contribution in [0.15, 0.2) is 54.6 Å². The number of aromatic nitrogens is 1. The number of hydrogen-bond acceptors (Lipinski definition) is 5. The molecule has 1 amide bonds. The van der Waals surface area contributed by atoms with Gasteiger partial charge < -0.3 is 19.7 Å². The summed E-state index contributed by atoms with van der Waals surface area (Å²) in [7, 11) is 0. The molecule has 1 N–H and O–H groups in total. The molecule has 0 atom stereocenters. The highest BCUT2D eigenvalue weighted by Gasteiger charge is 2.14. The second kappa shape index (κ2) is 10.2. The zero-order valence-corrected chi connectivity index (χ0v) is 18.0. The maximum atomic E-state index is 12.5. The molecule has 162 valence electrons. The van der Waals surface area contributed by atoms with Crippen LogP contribution in [0.1, 0.15) is 32.6 Å². The minimum absolute atomic E-state index is 0.102. The fourth-order valence-corrected chi connectivity index (χ4v) is 3.88. The largest absolute Gasteiger partial charge is 0.492 e. The molecule has 3 aromatic rings. The molecule has 1 aliphatic rings. The third-order valence-electron chi connectivity index (χ3n) is 5.42. The van der Waals surface area contributed by atoms with Gasteiger partial charge in [0, 0.05) is 18.5 Å². The van der Waals surface area contributed by atoms with Crippen molar-refractivity contribution in [2.24, 2.45) is 0 Å². The summed E-state index contributed by atoms with van der Waals surface area (Å²) in [6.07, 6.45) is 4.95. The fraction of sp³-hybridized carbons (Fsp3) is 0.360. The van der Waals surface area contributed by atoms with Crippen molar-refractivity contribution in [3.8, 4) is 11.5 Å².